The van der Waals surface area contributed by atoms with Crippen LogP contribution in [-0.4, -0.2) is 27.3 Å². The van der Waals surface area contributed by atoms with Gasteiger partial charge in [0.2, 0.25) is 5.75 Å². The molecule has 2 aromatic rings. The quantitative estimate of drug-likeness (QED) is 0.756. The van der Waals surface area contributed by atoms with Crippen LogP contribution in [0.2, 0.25) is 0 Å². The van der Waals surface area contributed by atoms with E-state index >= 15 is 0 Å². The molecule has 0 aliphatic rings. The Kier molecular flexibility index (Phi) is 5.68. The highest BCUT2D eigenvalue weighted by Gasteiger charge is 2.18. The van der Waals surface area contributed by atoms with Gasteiger partial charge in [-0.2, -0.15) is 0 Å². The third-order valence-electron chi connectivity index (χ3n) is 3.76. The van der Waals surface area contributed by atoms with Gasteiger partial charge in [0.05, 0.1) is 26.9 Å². The molecule has 0 amide bonds. The number of esters is 1. The fraction of sp³-hybridized carbons (Fsp3) is 0.316. The normalized spacial score (nSPS) is 10.2. The molecule has 0 spiro atoms. The largest absolute Gasteiger partial charge is 0.493 e. The van der Waals surface area contributed by atoms with Gasteiger partial charge in [-0.3, -0.25) is 0 Å². The summed E-state index contributed by atoms with van der Waals surface area (Å²) in [6, 6.07) is 9.20. The van der Waals surface area contributed by atoms with E-state index in [0.717, 1.165) is 16.7 Å². The highest BCUT2D eigenvalue weighted by Crippen LogP contribution is 2.38. The van der Waals surface area contributed by atoms with Gasteiger partial charge in [0.1, 0.15) is 6.61 Å². The second kappa shape index (κ2) is 7.73. The SMILES string of the molecule is COc1cc(C(=O)OCc2cc(C)ccc2C)cc(OC)c1OC. The van der Waals surface area contributed by atoms with Gasteiger partial charge >= 0.3 is 5.97 Å². The first-order valence-corrected chi connectivity index (χ1v) is 7.53. The number of carbonyl (C=O) groups is 1. The first kappa shape index (κ1) is 17.7. The summed E-state index contributed by atoms with van der Waals surface area (Å²) < 4.78 is 21.2. The van der Waals surface area contributed by atoms with Crippen molar-refractivity contribution in [2.24, 2.45) is 0 Å². The van der Waals surface area contributed by atoms with E-state index in [1.807, 2.05) is 32.0 Å². The third-order valence-corrected chi connectivity index (χ3v) is 3.76. The minimum atomic E-state index is -0.449. The molecule has 0 radical (unpaired) electrons. The molecule has 0 aliphatic carbocycles. The summed E-state index contributed by atoms with van der Waals surface area (Å²) >= 11 is 0. The van der Waals surface area contributed by atoms with Crippen LogP contribution in [0.3, 0.4) is 0 Å². The van der Waals surface area contributed by atoms with Crippen molar-refractivity contribution < 1.29 is 23.7 Å². The standard InChI is InChI=1S/C19H22O5/c1-12-6-7-13(2)15(8-12)11-24-19(20)14-9-16(21-3)18(23-5)17(10-14)22-4/h6-10H,11H2,1-5H3. The van der Waals surface area contributed by atoms with Crippen molar-refractivity contribution in [1.29, 1.82) is 0 Å². The first-order chi connectivity index (χ1) is 11.5. The van der Waals surface area contributed by atoms with Crippen molar-refractivity contribution in [1.82, 2.24) is 0 Å². The van der Waals surface area contributed by atoms with Crippen molar-refractivity contribution >= 4 is 5.97 Å². The molecule has 24 heavy (non-hydrogen) atoms. The summed E-state index contributed by atoms with van der Waals surface area (Å²) in [4.78, 5) is 12.4. The van der Waals surface area contributed by atoms with E-state index in [-0.39, 0.29) is 6.61 Å². The minimum Gasteiger partial charge on any atom is -0.493 e. The molecule has 2 rings (SSSR count). The van der Waals surface area contributed by atoms with Gasteiger partial charge in [0.25, 0.3) is 0 Å². The van der Waals surface area contributed by atoms with Gasteiger partial charge < -0.3 is 18.9 Å². The fourth-order valence-corrected chi connectivity index (χ4v) is 2.38. The summed E-state index contributed by atoms with van der Waals surface area (Å²) in [5, 5.41) is 0. The van der Waals surface area contributed by atoms with E-state index < -0.39 is 5.97 Å². The van der Waals surface area contributed by atoms with E-state index in [4.69, 9.17) is 18.9 Å². The van der Waals surface area contributed by atoms with E-state index in [9.17, 15) is 4.79 Å². The fourth-order valence-electron chi connectivity index (χ4n) is 2.38. The van der Waals surface area contributed by atoms with Gasteiger partial charge in [-0.25, -0.2) is 4.79 Å². The van der Waals surface area contributed by atoms with Crippen molar-refractivity contribution in [3.05, 3.63) is 52.6 Å². The molecule has 0 heterocycles. The zero-order valence-corrected chi connectivity index (χ0v) is 14.6. The van der Waals surface area contributed by atoms with Gasteiger partial charge in [-0.1, -0.05) is 23.8 Å². The Bertz CT molecular complexity index is 712. The number of methoxy groups -OCH3 is 3. The number of ether oxygens (including phenoxy) is 4. The topological polar surface area (TPSA) is 54.0 Å². The molecule has 5 heteroatoms. The molecular weight excluding hydrogens is 308 g/mol. The van der Waals surface area contributed by atoms with E-state index in [1.165, 1.54) is 21.3 Å². The maximum Gasteiger partial charge on any atom is 0.338 e. The van der Waals surface area contributed by atoms with E-state index in [2.05, 4.69) is 0 Å². The summed E-state index contributed by atoms with van der Waals surface area (Å²) in [7, 11) is 4.52. The van der Waals surface area contributed by atoms with Crippen molar-refractivity contribution in [3.8, 4) is 17.2 Å². The molecule has 0 bridgehead atoms. The van der Waals surface area contributed by atoms with Crippen LogP contribution in [0.25, 0.3) is 0 Å². The zero-order valence-electron chi connectivity index (χ0n) is 14.6. The Morgan fingerprint density at radius 2 is 1.54 bits per heavy atom. The molecule has 5 nitrogen and oxygen atoms in total. The molecule has 0 atom stereocenters. The number of hydrogen-bond acceptors (Lipinski definition) is 5. The maximum absolute atomic E-state index is 12.4. The lowest BCUT2D eigenvalue weighted by Crippen LogP contribution is -2.07. The Balaban J connectivity index is 2.22. The molecule has 2 aromatic carbocycles. The van der Waals surface area contributed by atoms with Gasteiger partial charge in [-0.05, 0) is 37.1 Å². The van der Waals surface area contributed by atoms with Gasteiger partial charge in [0, 0.05) is 0 Å². The summed E-state index contributed by atoms with van der Waals surface area (Å²) in [6.07, 6.45) is 0. The van der Waals surface area contributed by atoms with Crippen LogP contribution in [0, 0.1) is 13.8 Å². The summed E-state index contributed by atoms with van der Waals surface area (Å²) in [5.74, 6) is 0.812. The summed E-state index contributed by atoms with van der Waals surface area (Å²) in [6.45, 7) is 4.20. The van der Waals surface area contributed by atoms with Crippen molar-refractivity contribution in [2.45, 2.75) is 20.5 Å². The lowest BCUT2D eigenvalue weighted by molar-refractivity contribution is 0.0471. The predicted molar refractivity (Wildman–Crippen MR) is 91.1 cm³/mol. The lowest BCUT2D eigenvalue weighted by Gasteiger charge is -2.14. The molecule has 0 saturated carbocycles. The molecule has 0 N–H and O–H groups in total. The van der Waals surface area contributed by atoms with Crippen LogP contribution in [0.4, 0.5) is 0 Å². The first-order valence-electron chi connectivity index (χ1n) is 7.53. The molecule has 0 saturated heterocycles. The summed E-state index contributed by atoms with van der Waals surface area (Å²) in [5.41, 5.74) is 3.53. The smallest absolute Gasteiger partial charge is 0.338 e. The zero-order chi connectivity index (χ0) is 17.7. The molecular formula is C19H22O5. The second-order valence-electron chi connectivity index (χ2n) is 5.42. The number of hydrogen-bond donors (Lipinski definition) is 0. The monoisotopic (exact) mass is 330 g/mol. The molecule has 0 aromatic heterocycles. The van der Waals surface area contributed by atoms with Crippen LogP contribution in [0.1, 0.15) is 27.0 Å². The Labute approximate surface area is 142 Å². The number of benzene rings is 2. The molecule has 0 fully saturated rings. The van der Waals surface area contributed by atoms with Gasteiger partial charge in [-0.15, -0.1) is 0 Å². The average molecular weight is 330 g/mol. The van der Waals surface area contributed by atoms with Crippen LogP contribution in [0.5, 0.6) is 17.2 Å². The molecule has 128 valence electrons. The second-order valence-corrected chi connectivity index (χ2v) is 5.42. The minimum absolute atomic E-state index is 0.211. The van der Waals surface area contributed by atoms with Crippen LogP contribution in [-0.2, 0) is 11.3 Å². The average Bonchev–Trinajstić information content (AvgIpc) is 2.60. The molecule has 0 aliphatic heterocycles. The molecule has 0 unspecified atom stereocenters. The van der Waals surface area contributed by atoms with E-state index in [0.29, 0.717) is 22.8 Å². The predicted octanol–water partition coefficient (Wildman–Crippen LogP) is 3.69. The van der Waals surface area contributed by atoms with Crippen molar-refractivity contribution in [2.75, 3.05) is 21.3 Å². The Hall–Kier alpha value is -2.69. The highest BCUT2D eigenvalue weighted by molar-refractivity contribution is 5.91. The number of rotatable bonds is 6. The van der Waals surface area contributed by atoms with Gasteiger partial charge in [0.15, 0.2) is 11.5 Å². The number of aryl methyl sites for hydroxylation is 2. The Morgan fingerprint density at radius 3 is 2.08 bits per heavy atom. The van der Waals surface area contributed by atoms with E-state index in [1.54, 1.807) is 12.1 Å². The van der Waals surface area contributed by atoms with Crippen molar-refractivity contribution in [3.63, 3.8) is 0 Å². The lowest BCUT2D eigenvalue weighted by atomic mass is 10.1. The van der Waals surface area contributed by atoms with Crippen LogP contribution in [0.15, 0.2) is 30.3 Å². The van der Waals surface area contributed by atoms with Crippen LogP contribution < -0.4 is 14.2 Å². The highest BCUT2D eigenvalue weighted by atomic mass is 16.5. The Morgan fingerprint density at radius 1 is 0.917 bits per heavy atom. The maximum atomic E-state index is 12.4. The number of carbonyl (C=O) groups excluding carboxylic acids is 1. The third kappa shape index (κ3) is 3.79. The van der Waals surface area contributed by atoms with Crippen LogP contribution >= 0.6 is 0 Å².